The Kier molecular flexibility index (Phi) is 9.03. The van der Waals surface area contributed by atoms with Crippen LogP contribution >= 0.6 is 0 Å². The van der Waals surface area contributed by atoms with E-state index in [1.165, 1.54) is 12.1 Å². The molecule has 8 nitrogen and oxygen atoms in total. The molecular formula is C19H31N3O5. The van der Waals surface area contributed by atoms with Crippen molar-refractivity contribution >= 4 is 17.5 Å². The summed E-state index contributed by atoms with van der Waals surface area (Å²) in [5.41, 5.74) is 1.28. The van der Waals surface area contributed by atoms with Gasteiger partial charge in [0.25, 0.3) is 0 Å². The summed E-state index contributed by atoms with van der Waals surface area (Å²) in [6, 6.07) is 0. The third-order valence-corrected chi connectivity index (χ3v) is 4.53. The molecule has 0 bridgehead atoms. The fourth-order valence-electron chi connectivity index (χ4n) is 3.10. The molecule has 0 N–H and O–H groups in total. The maximum absolute atomic E-state index is 5.95. The fraction of sp³-hybridized carbons (Fsp3) is 0.842. The molecule has 1 atom stereocenters. The van der Waals surface area contributed by atoms with Gasteiger partial charge in [0, 0.05) is 31.5 Å². The van der Waals surface area contributed by atoms with Gasteiger partial charge < -0.3 is 23.7 Å². The van der Waals surface area contributed by atoms with Gasteiger partial charge in [-0.25, -0.2) is 0 Å². The van der Waals surface area contributed by atoms with Crippen molar-refractivity contribution < 1.29 is 23.7 Å². The van der Waals surface area contributed by atoms with Crippen LogP contribution < -0.4 is 0 Å². The first kappa shape index (κ1) is 20.2. The number of hydrogen-bond acceptors (Lipinski definition) is 8. The second kappa shape index (κ2) is 12.0. The minimum absolute atomic E-state index is 0.107. The van der Waals surface area contributed by atoms with Crippen molar-refractivity contribution in [3.05, 3.63) is 0 Å². The standard InChI is InChI=1S/C19H31N3O5/c1-2-16(20-6-1)3-9-23-14-17(25-11-5-19-22-8-13-27-19)15-24-10-4-18-21-7-12-26-18/h17H,1-15H2. The lowest BCUT2D eigenvalue weighted by Gasteiger charge is -2.18. The summed E-state index contributed by atoms with van der Waals surface area (Å²) >= 11 is 0. The van der Waals surface area contributed by atoms with Crippen molar-refractivity contribution in [3.8, 4) is 0 Å². The monoisotopic (exact) mass is 381 g/mol. The molecule has 3 aliphatic heterocycles. The van der Waals surface area contributed by atoms with Crippen LogP contribution in [-0.2, 0) is 23.7 Å². The van der Waals surface area contributed by atoms with E-state index in [1.54, 1.807) is 0 Å². The molecule has 3 aliphatic rings. The minimum Gasteiger partial charge on any atom is -0.479 e. The van der Waals surface area contributed by atoms with Gasteiger partial charge in [0.1, 0.15) is 19.3 Å². The summed E-state index contributed by atoms with van der Waals surface area (Å²) in [5.74, 6) is 1.57. The zero-order valence-electron chi connectivity index (χ0n) is 16.1. The first-order valence-electron chi connectivity index (χ1n) is 10.0. The Bertz CT molecular complexity index is 503. The molecule has 27 heavy (non-hydrogen) atoms. The molecule has 0 saturated carbocycles. The van der Waals surface area contributed by atoms with Crippen LogP contribution in [0.5, 0.6) is 0 Å². The molecule has 3 rings (SSSR count). The summed E-state index contributed by atoms with van der Waals surface area (Å²) in [5, 5.41) is 0. The van der Waals surface area contributed by atoms with Crippen LogP contribution in [0.3, 0.4) is 0 Å². The topological polar surface area (TPSA) is 83.2 Å². The Morgan fingerprint density at radius 3 is 2.04 bits per heavy atom. The Balaban J connectivity index is 1.30. The van der Waals surface area contributed by atoms with Gasteiger partial charge in [-0.15, -0.1) is 0 Å². The highest BCUT2D eigenvalue weighted by Gasteiger charge is 2.14. The molecule has 0 aromatic heterocycles. The lowest BCUT2D eigenvalue weighted by molar-refractivity contribution is -0.0570. The number of hydrogen-bond donors (Lipinski definition) is 0. The summed E-state index contributed by atoms with van der Waals surface area (Å²) in [6.45, 7) is 6.65. The smallest absolute Gasteiger partial charge is 0.185 e. The highest BCUT2D eigenvalue weighted by molar-refractivity contribution is 5.85. The van der Waals surface area contributed by atoms with Crippen LogP contribution in [-0.4, -0.2) is 89.5 Å². The SMILES string of the molecule is C1CN=C(CCOCC(COCCC2=NCCO2)OCCC2=NCCO2)C1. The van der Waals surface area contributed by atoms with Crippen molar-refractivity contribution in [2.24, 2.45) is 15.0 Å². The molecule has 152 valence electrons. The minimum atomic E-state index is -0.107. The van der Waals surface area contributed by atoms with Crippen LogP contribution in [0.25, 0.3) is 0 Å². The first-order valence-corrected chi connectivity index (χ1v) is 10.0. The van der Waals surface area contributed by atoms with Gasteiger partial charge in [-0.3, -0.25) is 15.0 Å². The van der Waals surface area contributed by atoms with Gasteiger partial charge in [-0.2, -0.15) is 0 Å². The Morgan fingerprint density at radius 1 is 0.778 bits per heavy atom. The zero-order valence-corrected chi connectivity index (χ0v) is 16.1. The maximum Gasteiger partial charge on any atom is 0.185 e. The van der Waals surface area contributed by atoms with E-state index in [-0.39, 0.29) is 6.10 Å². The lowest BCUT2D eigenvalue weighted by atomic mass is 10.2. The average Bonchev–Trinajstić information content (AvgIpc) is 3.45. The molecule has 0 aromatic rings. The summed E-state index contributed by atoms with van der Waals surface area (Å²) in [7, 11) is 0. The van der Waals surface area contributed by atoms with Crippen molar-refractivity contribution in [3.63, 3.8) is 0 Å². The predicted octanol–water partition coefficient (Wildman–Crippen LogP) is 1.67. The van der Waals surface area contributed by atoms with Crippen LogP contribution in [0.4, 0.5) is 0 Å². The summed E-state index contributed by atoms with van der Waals surface area (Å²) in [4.78, 5) is 13.0. The largest absolute Gasteiger partial charge is 0.479 e. The van der Waals surface area contributed by atoms with Gasteiger partial charge in [0.2, 0.25) is 0 Å². The molecule has 0 aromatic carbocycles. The molecule has 3 heterocycles. The zero-order chi connectivity index (χ0) is 18.6. The molecule has 1 unspecified atom stereocenters. The summed E-state index contributed by atoms with van der Waals surface area (Å²) in [6.07, 6.45) is 4.49. The highest BCUT2D eigenvalue weighted by Crippen LogP contribution is 2.08. The van der Waals surface area contributed by atoms with Crippen LogP contribution in [0.15, 0.2) is 15.0 Å². The number of ether oxygens (including phenoxy) is 5. The van der Waals surface area contributed by atoms with Gasteiger partial charge in [-0.05, 0) is 12.8 Å². The van der Waals surface area contributed by atoms with Crippen LogP contribution in [0.1, 0.15) is 32.1 Å². The second-order valence-electron chi connectivity index (χ2n) is 6.69. The van der Waals surface area contributed by atoms with Gasteiger partial charge >= 0.3 is 0 Å². The Morgan fingerprint density at radius 2 is 1.44 bits per heavy atom. The molecule has 0 fully saturated rings. The summed E-state index contributed by atoms with van der Waals surface area (Å²) < 4.78 is 28.3. The van der Waals surface area contributed by atoms with E-state index in [4.69, 9.17) is 23.7 Å². The van der Waals surface area contributed by atoms with E-state index in [9.17, 15) is 0 Å². The normalized spacial score (nSPS) is 20.1. The number of nitrogens with zero attached hydrogens (tertiary/aromatic N) is 3. The molecule has 0 spiro atoms. The molecule has 0 aliphatic carbocycles. The van der Waals surface area contributed by atoms with Gasteiger partial charge in [0.05, 0.1) is 46.1 Å². The van der Waals surface area contributed by atoms with Crippen LogP contribution in [0.2, 0.25) is 0 Å². The molecule has 0 saturated heterocycles. The van der Waals surface area contributed by atoms with Crippen LogP contribution in [0, 0.1) is 0 Å². The van der Waals surface area contributed by atoms with Crippen molar-refractivity contribution in [2.45, 2.75) is 38.2 Å². The fourth-order valence-corrected chi connectivity index (χ4v) is 3.10. The van der Waals surface area contributed by atoms with E-state index in [0.717, 1.165) is 44.3 Å². The predicted molar refractivity (Wildman–Crippen MR) is 103 cm³/mol. The van der Waals surface area contributed by atoms with Crippen molar-refractivity contribution in [2.75, 3.05) is 65.9 Å². The van der Waals surface area contributed by atoms with E-state index in [0.29, 0.717) is 59.1 Å². The average molecular weight is 381 g/mol. The number of rotatable bonds is 14. The van der Waals surface area contributed by atoms with E-state index in [2.05, 4.69) is 15.0 Å². The van der Waals surface area contributed by atoms with E-state index < -0.39 is 0 Å². The van der Waals surface area contributed by atoms with Gasteiger partial charge in [-0.1, -0.05) is 0 Å². The number of aliphatic imine (C=N–C) groups is 3. The van der Waals surface area contributed by atoms with E-state index in [1.807, 2.05) is 0 Å². The second-order valence-corrected chi connectivity index (χ2v) is 6.69. The quantitative estimate of drug-likeness (QED) is 0.428. The molecule has 0 radical (unpaired) electrons. The highest BCUT2D eigenvalue weighted by atomic mass is 16.6. The molecule has 8 heteroatoms. The first-order chi connectivity index (χ1) is 13.4. The Labute approximate surface area is 161 Å². The maximum atomic E-state index is 5.95. The van der Waals surface area contributed by atoms with Crippen molar-refractivity contribution in [1.29, 1.82) is 0 Å². The third-order valence-electron chi connectivity index (χ3n) is 4.53. The van der Waals surface area contributed by atoms with E-state index >= 15 is 0 Å². The Hall–Kier alpha value is -1.51. The molecule has 0 amide bonds. The van der Waals surface area contributed by atoms with Gasteiger partial charge in [0.15, 0.2) is 11.8 Å². The lowest BCUT2D eigenvalue weighted by Crippen LogP contribution is -2.28. The molecular weight excluding hydrogens is 350 g/mol. The third kappa shape index (κ3) is 7.94. The van der Waals surface area contributed by atoms with Crippen molar-refractivity contribution in [1.82, 2.24) is 0 Å².